The van der Waals surface area contributed by atoms with Gasteiger partial charge in [-0.2, -0.15) is 0 Å². The lowest BCUT2D eigenvalue weighted by Gasteiger charge is -2.28. The van der Waals surface area contributed by atoms with E-state index in [1.807, 2.05) is 0 Å². The fraction of sp³-hybridized carbons (Fsp3) is 0.600. The van der Waals surface area contributed by atoms with Crippen LogP contribution in [0.1, 0.15) is 44.1 Å². The largest absolute Gasteiger partial charge is 0.491 e. The number of nitrogens with two attached hydrogens (primary N) is 1. The van der Waals surface area contributed by atoms with Gasteiger partial charge in [-0.1, -0.05) is 37.3 Å². The third-order valence-corrected chi connectivity index (χ3v) is 4.36. The maximum Gasteiger partial charge on any atom is 0.288 e. The third kappa shape index (κ3) is 4.08. The summed E-state index contributed by atoms with van der Waals surface area (Å²) in [5.74, 6) is 0.569. The fourth-order valence-corrected chi connectivity index (χ4v) is 2.96. The molecule has 0 heterocycles. The number of hydrogen-bond acceptors (Lipinski definition) is 4. The molecule has 0 atom stereocenters. The monoisotopic (exact) mass is 312 g/mol. The summed E-state index contributed by atoms with van der Waals surface area (Å²) in [6.07, 6.45) is 6.60. The third-order valence-electron chi connectivity index (χ3n) is 4.06. The van der Waals surface area contributed by atoms with Gasteiger partial charge < -0.3 is 10.5 Å². The number of nitro groups is 1. The highest BCUT2D eigenvalue weighted by Crippen LogP contribution is 2.33. The van der Waals surface area contributed by atoms with Crippen LogP contribution in [-0.4, -0.2) is 17.1 Å². The zero-order valence-corrected chi connectivity index (χ0v) is 13.0. The number of benzene rings is 1. The second-order valence-corrected chi connectivity index (χ2v) is 6.30. The first kappa shape index (κ1) is 16.0. The molecule has 2 N–H and O–H groups in total. The van der Waals surface area contributed by atoms with Gasteiger partial charge >= 0.3 is 0 Å². The molecule has 0 spiro atoms. The first-order valence-corrected chi connectivity index (χ1v) is 7.65. The molecule has 1 aliphatic rings. The average Bonchev–Trinajstić information content (AvgIpc) is 2.64. The zero-order valence-electron chi connectivity index (χ0n) is 12.2. The van der Waals surface area contributed by atoms with E-state index in [0.29, 0.717) is 17.9 Å². The van der Waals surface area contributed by atoms with Crippen molar-refractivity contribution in [2.24, 2.45) is 5.73 Å². The molecule has 0 aromatic heterocycles. The molecule has 1 aromatic carbocycles. The van der Waals surface area contributed by atoms with Crippen molar-refractivity contribution >= 4 is 17.3 Å². The summed E-state index contributed by atoms with van der Waals surface area (Å²) >= 11 is 5.93. The summed E-state index contributed by atoms with van der Waals surface area (Å²) in [6.45, 7) is 2.19. The summed E-state index contributed by atoms with van der Waals surface area (Å²) in [5.41, 5.74) is 6.70. The van der Waals surface area contributed by atoms with Crippen LogP contribution in [0.4, 0.5) is 5.69 Å². The predicted octanol–water partition coefficient (Wildman–Crippen LogP) is 3.99. The van der Waals surface area contributed by atoms with E-state index in [9.17, 15) is 10.1 Å². The first-order valence-electron chi connectivity index (χ1n) is 7.27. The van der Waals surface area contributed by atoms with Gasteiger partial charge in [0, 0.05) is 12.1 Å². The first-order chi connectivity index (χ1) is 9.91. The van der Waals surface area contributed by atoms with E-state index in [2.05, 4.69) is 0 Å². The lowest BCUT2D eigenvalue weighted by atomic mass is 9.92. The number of hydrogen-bond donors (Lipinski definition) is 1. The standard InChI is InChI=1S/C15H21ClN2O3/c1-11-8-13(18(19)20)12(16)9-14(11)21-10-15(17)6-4-2-3-5-7-15/h8-9H,2-7,10,17H2,1H3. The lowest BCUT2D eigenvalue weighted by molar-refractivity contribution is -0.384. The summed E-state index contributed by atoms with van der Waals surface area (Å²) in [4.78, 5) is 10.3. The van der Waals surface area contributed by atoms with E-state index in [1.54, 1.807) is 6.92 Å². The maximum absolute atomic E-state index is 10.8. The van der Waals surface area contributed by atoms with Crippen molar-refractivity contribution in [1.82, 2.24) is 0 Å². The van der Waals surface area contributed by atoms with Gasteiger partial charge in [0.15, 0.2) is 0 Å². The topological polar surface area (TPSA) is 78.4 Å². The van der Waals surface area contributed by atoms with Crippen LogP contribution in [0.3, 0.4) is 0 Å². The summed E-state index contributed by atoms with van der Waals surface area (Å²) in [6, 6.07) is 2.95. The van der Waals surface area contributed by atoms with Crippen LogP contribution < -0.4 is 10.5 Å². The molecule has 0 saturated heterocycles. The SMILES string of the molecule is Cc1cc([N+](=O)[O-])c(Cl)cc1OCC1(N)CCCCCC1. The van der Waals surface area contributed by atoms with Crippen molar-refractivity contribution in [3.63, 3.8) is 0 Å². The zero-order chi connectivity index (χ0) is 15.5. The van der Waals surface area contributed by atoms with Crippen molar-refractivity contribution in [3.8, 4) is 5.75 Å². The number of aryl methyl sites for hydroxylation is 1. The van der Waals surface area contributed by atoms with Crippen LogP contribution in [0.2, 0.25) is 5.02 Å². The Kier molecular flexibility index (Phi) is 5.06. The van der Waals surface area contributed by atoms with Gasteiger partial charge in [-0.15, -0.1) is 0 Å². The fourth-order valence-electron chi connectivity index (χ4n) is 2.74. The van der Waals surface area contributed by atoms with Gasteiger partial charge in [0.05, 0.1) is 10.5 Å². The Balaban J connectivity index is 2.09. The van der Waals surface area contributed by atoms with Gasteiger partial charge in [-0.25, -0.2) is 0 Å². The van der Waals surface area contributed by atoms with Crippen LogP contribution >= 0.6 is 11.6 Å². The number of ether oxygens (including phenoxy) is 1. The Morgan fingerprint density at radius 1 is 1.33 bits per heavy atom. The molecule has 0 aliphatic heterocycles. The molecule has 116 valence electrons. The molecule has 1 aliphatic carbocycles. The Morgan fingerprint density at radius 3 is 2.52 bits per heavy atom. The lowest BCUT2D eigenvalue weighted by Crippen LogP contribution is -2.45. The van der Waals surface area contributed by atoms with Crippen LogP contribution in [0.5, 0.6) is 5.75 Å². The molecule has 1 saturated carbocycles. The van der Waals surface area contributed by atoms with Gasteiger partial charge in [0.1, 0.15) is 17.4 Å². The van der Waals surface area contributed by atoms with Gasteiger partial charge in [0.25, 0.3) is 5.69 Å². The average molecular weight is 313 g/mol. The molecular formula is C15H21ClN2O3. The molecule has 0 radical (unpaired) electrons. The van der Waals surface area contributed by atoms with Crippen molar-refractivity contribution in [3.05, 3.63) is 32.8 Å². The maximum atomic E-state index is 10.8. The van der Waals surface area contributed by atoms with Crippen LogP contribution in [0.25, 0.3) is 0 Å². The van der Waals surface area contributed by atoms with E-state index in [4.69, 9.17) is 22.1 Å². The number of halogens is 1. The second kappa shape index (κ2) is 6.62. The van der Waals surface area contributed by atoms with Crippen LogP contribution in [-0.2, 0) is 0 Å². The summed E-state index contributed by atoms with van der Waals surface area (Å²) in [7, 11) is 0. The molecule has 0 bridgehead atoms. The van der Waals surface area contributed by atoms with Gasteiger partial charge in [-0.3, -0.25) is 10.1 Å². The molecule has 1 aromatic rings. The number of rotatable bonds is 4. The summed E-state index contributed by atoms with van der Waals surface area (Å²) < 4.78 is 5.82. The highest BCUT2D eigenvalue weighted by Gasteiger charge is 2.27. The van der Waals surface area contributed by atoms with E-state index >= 15 is 0 Å². The minimum absolute atomic E-state index is 0.0903. The molecule has 0 amide bonds. The normalized spacial score (nSPS) is 18.0. The number of nitro benzene ring substituents is 1. The second-order valence-electron chi connectivity index (χ2n) is 5.89. The molecule has 0 unspecified atom stereocenters. The molecule has 21 heavy (non-hydrogen) atoms. The van der Waals surface area contributed by atoms with Gasteiger partial charge in [-0.05, 0) is 25.3 Å². The van der Waals surface area contributed by atoms with Crippen molar-refractivity contribution in [2.45, 2.75) is 51.0 Å². The Labute approximate surface area is 129 Å². The van der Waals surface area contributed by atoms with Crippen LogP contribution in [0, 0.1) is 17.0 Å². The molecule has 6 heteroatoms. The van der Waals surface area contributed by atoms with Gasteiger partial charge in [0.2, 0.25) is 0 Å². The van der Waals surface area contributed by atoms with Crippen LogP contribution in [0.15, 0.2) is 12.1 Å². The Hall–Kier alpha value is -1.33. The van der Waals surface area contributed by atoms with E-state index < -0.39 is 4.92 Å². The van der Waals surface area contributed by atoms with Crippen molar-refractivity contribution < 1.29 is 9.66 Å². The Bertz CT molecular complexity index is 526. The molecule has 5 nitrogen and oxygen atoms in total. The Morgan fingerprint density at radius 2 is 1.95 bits per heavy atom. The quantitative estimate of drug-likeness (QED) is 0.518. The number of nitrogens with zero attached hydrogens (tertiary/aromatic N) is 1. The highest BCUT2D eigenvalue weighted by molar-refractivity contribution is 6.32. The van der Waals surface area contributed by atoms with Crippen molar-refractivity contribution in [1.29, 1.82) is 0 Å². The van der Waals surface area contributed by atoms with E-state index in [1.165, 1.54) is 25.0 Å². The molecular weight excluding hydrogens is 292 g/mol. The van der Waals surface area contributed by atoms with E-state index in [0.717, 1.165) is 25.7 Å². The minimum atomic E-state index is -0.491. The predicted molar refractivity (Wildman–Crippen MR) is 83.0 cm³/mol. The highest BCUT2D eigenvalue weighted by atomic mass is 35.5. The van der Waals surface area contributed by atoms with Crippen molar-refractivity contribution in [2.75, 3.05) is 6.61 Å². The summed E-state index contributed by atoms with van der Waals surface area (Å²) in [5, 5.41) is 10.9. The molecule has 2 rings (SSSR count). The molecule has 1 fully saturated rings. The smallest absolute Gasteiger partial charge is 0.288 e. The minimum Gasteiger partial charge on any atom is -0.491 e. The van der Waals surface area contributed by atoms with E-state index in [-0.39, 0.29) is 16.2 Å².